The Bertz CT molecular complexity index is 473. The van der Waals surface area contributed by atoms with Gasteiger partial charge in [0.25, 0.3) is 0 Å². The highest BCUT2D eigenvalue weighted by Crippen LogP contribution is 2.30. The van der Waals surface area contributed by atoms with Crippen LogP contribution in [0.3, 0.4) is 0 Å². The fraction of sp³-hybridized carbons (Fsp3) is 0.286. The highest BCUT2D eigenvalue weighted by atomic mass is 35.5. The second-order valence-corrected chi connectivity index (χ2v) is 4.25. The van der Waals surface area contributed by atoms with E-state index in [9.17, 15) is 0 Å². The summed E-state index contributed by atoms with van der Waals surface area (Å²) in [7, 11) is 0. The lowest BCUT2D eigenvalue weighted by Crippen LogP contribution is -1.94. The largest absolute Gasteiger partial charge is 0.494 e. The van der Waals surface area contributed by atoms with Crippen molar-refractivity contribution in [2.45, 2.75) is 19.2 Å². The highest BCUT2D eigenvalue weighted by Gasteiger charge is 2.14. The van der Waals surface area contributed by atoms with Gasteiger partial charge in [-0.15, -0.1) is 11.6 Å². The zero-order chi connectivity index (χ0) is 12.3. The van der Waals surface area contributed by atoms with E-state index < -0.39 is 0 Å². The van der Waals surface area contributed by atoms with Gasteiger partial charge in [-0.05, 0) is 43.7 Å². The Morgan fingerprint density at radius 2 is 1.88 bits per heavy atom. The van der Waals surface area contributed by atoms with Crippen molar-refractivity contribution in [1.29, 1.82) is 0 Å². The quantitative estimate of drug-likeness (QED) is 0.755. The van der Waals surface area contributed by atoms with Crippen molar-refractivity contribution >= 4 is 11.6 Å². The van der Waals surface area contributed by atoms with Gasteiger partial charge < -0.3 is 9.15 Å². The number of ether oxygens (including phenoxy) is 1. The summed E-state index contributed by atoms with van der Waals surface area (Å²) in [6.45, 7) is 4.54. The topological polar surface area (TPSA) is 22.4 Å². The number of rotatable bonds is 4. The van der Waals surface area contributed by atoms with E-state index in [0.717, 1.165) is 22.8 Å². The van der Waals surface area contributed by atoms with E-state index in [1.807, 2.05) is 50.2 Å². The molecular weight excluding hydrogens is 236 g/mol. The summed E-state index contributed by atoms with van der Waals surface area (Å²) in [5.74, 6) is 2.50. The van der Waals surface area contributed by atoms with Crippen LogP contribution < -0.4 is 4.74 Å². The third-order valence-corrected chi connectivity index (χ3v) is 2.96. The van der Waals surface area contributed by atoms with Gasteiger partial charge >= 0.3 is 0 Å². The smallest absolute Gasteiger partial charge is 0.126 e. The van der Waals surface area contributed by atoms with E-state index in [2.05, 4.69) is 0 Å². The zero-order valence-corrected chi connectivity index (χ0v) is 10.7. The molecule has 0 N–H and O–H groups in total. The Balaban J connectivity index is 2.16. The number of alkyl halides is 1. The molecule has 1 atom stereocenters. The van der Waals surface area contributed by atoms with Gasteiger partial charge in [-0.3, -0.25) is 0 Å². The van der Waals surface area contributed by atoms with Gasteiger partial charge in [-0.1, -0.05) is 12.1 Å². The Labute approximate surface area is 106 Å². The predicted molar refractivity (Wildman–Crippen MR) is 68.8 cm³/mol. The first-order valence-corrected chi connectivity index (χ1v) is 6.07. The van der Waals surface area contributed by atoms with Crippen LogP contribution in [0.25, 0.3) is 0 Å². The van der Waals surface area contributed by atoms with Gasteiger partial charge in [0.1, 0.15) is 22.6 Å². The van der Waals surface area contributed by atoms with E-state index in [1.54, 1.807) is 0 Å². The van der Waals surface area contributed by atoms with E-state index in [-0.39, 0.29) is 5.38 Å². The molecule has 0 saturated heterocycles. The molecule has 0 saturated carbocycles. The lowest BCUT2D eigenvalue weighted by atomic mass is 10.1. The SMILES string of the molecule is CCOc1ccc(C(Cl)c2ccc(C)o2)cc1. The molecule has 2 rings (SSSR count). The standard InChI is InChI=1S/C14H15ClO2/c1-3-16-12-7-5-11(6-8-12)14(15)13-9-4-10(2)17-13/h4-9,14H,3H2,1-2H3. The molecule has 0 aliphatic heterocycles. The number of benzene rings is 1. The van der Waals surface area contributed by atoms with Crippen molar-refractivity contribution in [3.63, 3.8) is 0 Å². The molecule has 0 radical (unpaired) electrons. The minimum Gasteiger partial charge on any atom is -0.494 e. The summed E-state index contributed by atoms with van der Waals surface area (Å²) in [5.41, 5.74) is 1.00. The molecule has 0 aliphatic rings. The van der Waals surface area contributed by atoms with Crippen LogP contribution in [-0.4, -0.2) is 6.61 Å². The van der Waals surface area contributed by atoms with Crippen molar-refractivity contribution in [3.8, 4) is 5.75 Å². The third-order valence-electron chi connectivity index (χ3n) is 2.49. The third kappa shape index (κ3) is 2.83. The number of aryl methyl sites for hydroxylation is 1. The number of furan rings is 1. The molecule has 17 heavy (non-hydrogen) atoms. The van der Waals surface area contributed by atoms with Gasteiger partial charge in [0.2, 0.25) is 0 Å². The molecule has 0 fully saturated rings. The Morgan fingerprint density at radius 1 is 1.18 bits per heavy atom. The average Bonchev–Trinajstić information content (AvgIpc) is 2.76. The first kappa shape index (κ1) is 12.1. The van der Waals surface area contributed by atoms with Crippen LogP contribution in [0, 0.1) is 6.92 Å². The molecule has 2 aromatic rings. The Hall–Kier alpha value is -1.41. The van der Waals surface area contributed by atoms with Gasteiger partial charge in [0.05, 0.1) is 6.61 Å². The fourth-order valence-electron chi connectivity index (χ4n) is 1.65. The first-order chi connectivity index (χ1) is 8.20. The predicted octanol–water partition coefficient (Wildman–Crippen LogP) is 4.31. The molecule has 1 aromatic heterocycles. The van der Waals surface area contributed by atoms with Gasteiger partial charge in [0.15, 0.2) is 0 Å². The van der Waals surface area contributed by atoms with Crippen LogP contribution in [0.15, 0.2) is 40.8 Å². The molecule has 0 amide bonds. The maximum atomic E-state index is 6.34. The minimum atomic E-state index is -0.251. The molecule has 3 heteroatoms. The molecule has 90 valence electrons. The number of hydrogen-bond acceptors (Lipinski definition) is 2. The summed E-state index contributed by atoms with van der Waals surface area (Å²) in [4.78, 5) is 0. The van der Waals surface area contributed by atoms with Crippen LogP contribution >= 0.6 is 11.6 Å². The zero-order valence-electron chi connectivity index (χ0n) is 9.94. The fourth-order valence-corrected chi connectivity index (χ4v) is 1.92. The van der Waals surface area contributed by atoms with Crippen LogP contribution in [0.1, 0.15) is 29.4 Å². The second kappa shape index (κ2) is 5.28. The van der Waals surface area contributed by atoms with E-state index in [1.165, 1.54) is 0 Å². The maximum absolute atomic E-state index is 6.34. The normalized spacial score (nSPS) is 12.4. The van der Waals surface area contributed by atoms with E-state index in [4.69, 9.17) is 20.8 Å². The van der Waals surface area contributed by atoms with E-state index in [0.29, 0.717) is 6.61 Å². The van der Waals surface area contributed by atoms with Crippen LogP contribution in [-0.2, 0) is 0 Å². The van der Waals surface area contributed by atoms with Crippen LogP contribution in [0.4, 0.5) is 0 Å². The Morgan fingerprint density at radius 3 is 2.41 bits per heavy atom. The monoisotopic (exact) mass is 250 g/mol. The highest BCUT2D eigenvalue weighted by molar-refractivity contribution is 6.22. The number of halogens is 1. The van der Waals surface area contributed by atoms with Gasteiger partial charge in [-0.25, -0.2) is 0 Å². The molecule has 0 bridgehead atoms. The summed E-state index contributed by atoms with van der Waals surface area (Å²) >= 11 is 6.34. The lowest BCUT2D eigenvalue weighted by molar-refractivity contribution is 0.340. The van der Waals surface area contributed by atoms with Gasteiger partial charge in [0, 0.05) is 0 Å². The van der Waals surface area contributed by atoms with Crippen molar-refractivity contribution in [1.82, 2.24) is 0 Å². The molecule has 1 heterocycles. The molecule has 1 unspecified atom stereocenters. The summed E-state index contributed by atoms with van der Waals surface area (Å²) in [6.07, 6.45) is 0. The van der Waals surface area contributed by atoms with Crippen molar-refractivity contribution in [2.24, 2.45) is 0 Å². The Kier molecular flexibility index (Phi) is 3.75. The average molecular weight is 251 g/mol. The molecule has 0 spiro atoms. The first-order valence-electron chi connectivity index (χ1n) is 5.64. The van der Waals surface area contributed by atoms with Gasteiger partial charge in [-0.2, -0.15) is 0 Å². The summed E-state index contributed by atoms with van der Waals surface area (Å²) < 4.78 is 10.9. The molecule has 1 aromatic carbocycles. The lowest BCUT2D eigenvalue weighted by Gasteiger charge is -2.08. The van der Waals surface area contributed by atoms with Crippen molar-refractivity contribution < 1.29 is 9.15 Å². The van der Waals surface area contributed by atoms with E-state index >= 15 is 0 Å². The maximum Gasteiger partial charge on any atom is 0.126 e. The summed E-state index contributed by atoms with van der Waals surface area (Å²) in [5, 5.41) is -0.251. The van der Waals surface area contributed by atoms with Crippen molar-refractivity contribution in [2.75, 3.05) is 6.61 Å². The molecule has 2 nitrogen and oxygen atoms in total. The minimum absolute atomic E-state index is 0.251. The second-order valence-electron chi connectivity index (χ2n) is 3.81. The van der Waals surface area contributed by atoms with Crippen molar-refractivity contribution in [3.05, 3.63) is 53.5 Å². The number of hydrogen-bond donors (Lipinski definition) is 0. The van der Waals surface area contributed by atoms with Crippen LogP contribution in [0.5, 0.6) is 5.75 Å². The molecule has 0 aliphatic carbocycles. The summed E-state index contributed by atoms with van der Waals surface area (Å²) in [6, 6.07) is 11.6. The van der Waals surface area contributed by atoms with Crippen LogP contribution in [0.2, 0.25) is 0 Å². The molecular formula is C14H15ClO2.